The summed E-state index contributed by atoms with van der Waals surface area (Å²) >= 11 is 0. The zero-order valence-electron chi connectivity index (χ0n) is 14.2. The minimum Gasteiger partial charge on any atom is -0.0885 e. The zero-order valence-corrected chi connectivity index (χ0v) is 14.2. The highest BCUT2D eigenvalue weighted by atomic mass is 14.0. The normalized spacial score (nSPS) is 11.3. The predicted molar refractivity (Wildman–Crippen MR) is 95.9 cm³/mol. The number of hydrogen-bond donors (Lipinski definition) is 0. The Kier molecular flexibility index (Phi) is 10.9. The standard InChI is InChI=1S/C21H34/c1-3-4-5-6-7-8-9-10-11-12-13-14-18-21-19-16-15-17-20(21)2/h12-13,15-17,19H,3-11,14,18H2,1-2H3. The molecule has 0 aromatic heterocycles. The third kappa shape index (κ3) is 9.50. The molecule has 0 N–H and O–H groups in total. The Bertz CT molecular complexity index is 375. The topological polar surface area (TPSA) is 0 Å². The van der Waals surface area contributed by atoms with Gasteiger partial charge in [0.2, 0.25) is 0 Å². The second-order valence-corrected chi connectivity index (χ2v) is 6.20. The van der Waals surface area contributed by atoms with Crippen molar-refractivity contribution in [3.63, 3.8) is 0 Å². The molecule has 0 saturated heterocycles. The van der Waals surface area contributed by atoms with E-state index in [9.17, 15) is 0 Å². The van der Waals surface area contributed by atoms with E-state index in [0.29, 0.717) is 0 Å². The lowest BCUT2D eigenvalue weighted by molar-refractivity contribution is 0.577. The molecule has 0 heterocycles. The molecule has 0 heteroatoms. The monoisotopic (exact) mass is 286 g/mol. The lowest BCUT2D eigenvalue weighted by atomic mass is 10.0. The second kappa shape index (κ2) is 12.7. The van der Waals surface area contributed by atoms with Gasteiger partial charge in [0, 0.05) is 0 Å². The molecule has 0 atom stereocenters. The van der Waals surface area contributed by atoms with Gasteiger partial charge in [-0.05, 0) is 43.7 Å². The van der Waals surface area contributed by atoms with E-state index in [-0.39, 0.29) is 0 Å². The van der Waals surface area contributed by atoms with Gasteiger partial charge in [0.1, 0.15) is 0 Å². The highest BCUT2D eigenvalue weighted by Crippen LogP contribution is 2.11. The summed E-state index contributed by atoms with van der Waals surface area (Å²) in [6.45, 7) is 4.49. The van der Waals surface area contributed by atoms with Crippen molar-refractivity contribution in [3.05, 3.63) is 47.5 Å². The molecule has 0 unspecified atom stereocenters. The van der Waals surface area contributed by atoms with Gasteiger partial charge in [-0.2, -0.15) is 0 Å². The van der Waals surface area contributed by atoms with Crippen molar-refractivity contribution < 1.29 is 0 Å². The Hall–Kier alpha value is -1.04. The maximum Gasteiger partial charge on any atom is -0.0242 e. The van der Waals surface area contributed by atoms with Crippen molar-refractivity contribution in [2.24, 2.45) is 0 Å². The minimum absolute atomic E-state index is 1.18. The maximum atomic E-state index is 2.38. The Balaban J connectivity index is 1.92. The lowest BCUT2D eigenvalue weighted by Gasteiger charge is -2.02. The van der Waals surface area contributed by atoms with Crippen LogP contribution in [0.15, 0.2) is 36.4 Å². The summed E-state index contributed by atoms with van der Waals surface area (Å²) < 4.78 is 0. The molecular weight excluding hydrogens is 252 g/mol. The molecule has 1 aromatic carbocycles. The van der Waals surface area contributed by atoms with Gasteiger partial charge in [-0.3, -0.25) is 0 Å². The summed E-state index contributed by atoms with van der Waals surface area (Å²) in [5, 5.41) is 0. The molecular formula is C21H34. The van der Waals surface area contributed by atoms with Crippen LogP contribution in [0.3, 0.4) is 0 Å². The fourth-order valence-electron chi connectivity index (χ4n) is 2.76. The Morgan fingerprint density at radius 1 is 0.762 bits per heavy atom. The van der Waals surface area contributed by atoms with Crippen molar-refractivity contribution in [2.45, 2.75) is 84.5 Å². The number of aryl methyl sites for hydroxylation is 2. The molecule has 0 nitrogen and oxygen atoms in total. The van der Waals surface area contributed by atoms with Crippen LogP contribution in [0, 0.1) is 6.92 Å². The summed E-state index contributed by atoms with van der Waals surface area (Å²) in [6.07, 6.45) is 19.7. The van der Waals surface area contributed by atoms with Crippen molar-refractivity contribution in [3.8, 4) is 0 Å². The molecule has 0 fully saturated rings. The highest BCUT2D eigenvalue weighted by molar-refractivity contribution is 5.25. The van der Waals surface area contributed by atoms with Crippen LogP contribution in [0.2, 0.25) is 0 Å². The van der Waals surface area contributed by atoms with Crippen LogP contribution in [-0.4, -0.2) is 0 Å². The lowest BCUT2D eigenvalue weighted by Crippen LogP contribution is -1.87. The van der Waals surface area contributed by atoms with Crippen LogP contribution in [0.4, 0.5) is 0 Å². The average molecular weight is 287 g/mol. The Morgan fingerprint density at radius 3 is 2.10 bits per heavy atom. The van der Waals surface area contributed by atoms with Crippen molar-refractivity contribution in [1.82, 2.24) is 0 Å². The number of benzene rings is 1. The summed E-state index contributed by atoms with van der Waals surface area (Å²) in [5.41, 5.74) is 2.92. The number of allylic oxidation sites excluding steroid dienone is 2. The van der Waals surface area contributed by atoms with E-state index in [1.54, 1.807) is 0 Å². The molecule has 1 aromatic rings. The van der Waals surface area contributed by atoms with Gasteiger partial charge in [0.05, 0.1) is 0 Å². The van der Waals surface area contributed by atoms with E-state index < -0.39 is 0 Å². The molecule has 0 aliphatic rings. The van der Waals surface area contributed by atoms with Crippen LogP contribution >= 0.6 is 0 Å². The molecule has 1 rings (SSSR count). The molecule has 0 aliphatic heterocycles. The third-order valence-electron chi connectivity index (χ3n) is 4.23. The first-order valence-electron chi connectivity index (χ1n) is 9.04. The van der Waals surface area contributed by atoms with E-state index in [2.05, 4.69) is 50.3 Å². The fourth-order valence-corrected chi connectivity index (χ4v) is 2.76. The SMILES string of the molecule is CCCCCCCCCCC=CCCc1ccccc1C. The largest absolute Gasteiger partial charge is 0.0885 e. The summed E-state index contributed by atoms with van der Waals surface area (Å²) in [4.78, 5) is 0. The highest BCUT2D eigenvalue weighted by Gasteiger charge is 1.94. The fraction of sp³-hybridized carbons (Fsp3) is 0.619. The number of rotatable bonds is 12. The van der Waals surface area contributed by atoms with Crippen LogP contribution in [0.1, 0.15) is 82.3 Å². The molecule has 0 amide bonds. The van der Waals surface area contributed by atoms with Gasteiger partial charge in [-0.1, -0.05) is 88.3 Å². The van der Waals surface area contributed by atoms with Gasteiger partial charge < -0.3 is 0 Å². The van der Waals surface area contributed by atoms with E-state index in [1.807, 2.05) is 0 Å². The van der Waals surface area contributed by atoms with E-state index >= 15 is 0 Å². The molecule has 21 heavy (non-hydrogen) atoms. The average Bonchev–Trinajstić information content (AvgIpc) is 2.50. The van der Waals surface area contributed by atoms with E-state index in [0.717, 1.165) is 0 Å². The van der Waals surface area contributed by atoms with Crippen molar-refractivity contribution in [2.75, 3.05) is 0 Å². The molecule has 0 radical (unpaired) electrons. The molecule has 0 bridgehead atoms. The molecule has 0 spiro atoms. The van der Waals surface area contributed by atoms with Gasteiger partial charge in [-0.25, -0.2) is 0 Å². The number of hydrogen-bond acceptors (Lipinski definition) is 0. The summed E-state index contributed by atoms with van der Waals surface area (Å²) in [6, 6.07) is 8.73. The Morgan fingerprint density at radius 2 is 1.38 bits per heavy atom. The summed E-state index contributed by atoms with van der Waals surface area (Å²) in [5.74, 6) is 0. The molecule has 0 aliphatic carbocycles. The van der Waals surface area contributed by atoms with Gasteiger partial charge >= 0.3 is 0 Å². The van der Waals surface area contributed by atoms with E-state index in [1.165, 1.54) is 81.8 Å². The van der Waals surface area contributed by atoms with Crippen LogP contribution in [0.5, 0.6) is 0 Å². The summed E-state index contributed by atoms with van der Waals surface area (Å²) in [7, 11) is 0. The first kappa shape index (κ1) is 18.0. The second-order valence-electron chi connectivity index (χ2n) is 6.20. The minimum atomic E-state index is 1.18. The van der Waals surface area contributed by atoms with Crippen LogP contribution in [-0.2, 0) is 6.42 Å². The van der Waals surface area contributed by atoms with E-state index in [4.69, 9.17) is 0 Å². The van der Waals surface area contributed by atoms with Crippen LogP contribution in [0.25, 0.3) is 0 Å². The molecule has 0 saturated carbocycles. The maximum absolute atomic E-state index is 2.38. The quantitative estimate of drug-likeness (QED) is 0.286. The number of unbranched alkanes of at least 4 members (excludes halogenated alkanes) is 8. The Labute approximate surface area is 132 Å². The van der Waals surface area contributed by atoms with Crippen molar-refractivity contribution in [1.29, 1.82) is 0 Å². The first-order valence-corrected chi connectivity index (χ1v) is 9.04. The van der Waals surface area contributed by atoms with Gasteiger partial charge in [0.25, 0.3) is 0 Å². The zero-order chi connectivity index (χ0) is 15.2. The van der Waals surface area contributed by atoms with Crippen LogP contribution < -0.4 is 0 Å². The third-order valence-corrected chi connectivity index (χ3v) is 4.23. The van der Waals surface area contributed by atoms with Crippen molar-refractivity contribution >= 4 is 0 Å². The molecule has 118 valence electrons. The van der Waals surface area contributed by atoms with Gasteiger partial charge in [-0.15, -0.1) is 0 Å². The first-order chi connectivity index (χ1) is 10.3. The predicted octanol–water partition coefficient (Wildman–Crippen LogP) is 7.01. The smallest absolute Gasteiger partial charge is 0.0242 e. The van der Waals surface area contributed by atoms with Gasteiger partial charge in [0.15, 0.2) is 0 Å².